The number of H-pyrrole nitrogens is 1. The third-order valence-electron chi connectivity index (χ3n) is 3.87. The van der Waals surface area contributed by atoms with Crippen LogP contribution in [0.1, 0.15) is 22.5 Å². The van der Waals surface area contributed by atoms with E-state index in [1.54, 1.807) is 32.9 Å². The van der Waals surface area contributed by atoms with E-state index in [2.05, 4.69) is 10.2 Å². The van der Waals surface area contributed by atoms with E-state index in [1.807, 2.05) is 0 Å². The van der Waals surface area contributed by atoms with Gasteiger partial charge < -0.3 is 9.64 Å². The first-order chi connectivity index (χ1) is 12.1. The Labute approximate surface area is 154 Å². The van der Waals surface area contributed by atoms with Gasteiger partial charge in [0.25, 0.3) is 0 Å². The molecule has 0 unspecified atom stereocenters. The van der Waals surface area contributed by atoms with Gasteiger partial charge in [0.1, 0.15) is 11.6 Å². The Morgan fingerprint density at radius 2 is 2.00 bits per heavy atom. The average Bonchev–Trinajstić information content (AvgIpc) is 2.88. The highest BCUT2D eigenvalue weighted by Crippen LogP contribution is 2.35. The molecule has 2 aromatic rings. The summed E-state index contributed by atoms with van der Waals surface area (Å²) in [6.45, 7) is 3.95. The third-order valence-corrected chi connectivity index (χ3v) is 4.10. The topological polar surface area (TPSA) is 58.2 Å². The molecule has 2 rings (SSSR count). The zero-order chi connectivity index (χ0) is 19.5. The number of para-hydroxylation sites is 1. The highest BCUT2D eigenvalue weighted by atomic mass is 35.5. The van der Waals surface area contributed by atoms with Crippen LogP contribution in [-0.2, 0) is 11.3 Å². The summed E-state index contributed by atoms with van der Waals surface area (Å²) in [4.78, 5) is 13.8. The number of carbonyl (C=O) groups is 1. The lowest BCUT2D eigenvalue weighted by Gasteiger charge is -2.26. The van der Waals surface area contributed by atoms with Crippen LogP contribution in [0.4, 0.5) is 18.9 Å². The molecule has 1 heterocycles. The van der Waals surface area contributed by atoms with E-state index in [4.69, 9.17) is 16.3 Å². The van der Waals surface area contributed by atoms with Gasteiger partial charge in [-0.15, -0.1) is 11.6 Å². The number of anilines is 1. The minimum Gasteiger partial charge on any atom is -0.482 e. The van der Waals surface area contributed by atoms with Crippen molar-refractivity contribution >= 4 is 23.2 Å². The summed E-state index contributed by atoms with van der Waals surface area (Å²) in [6.07, 6.45) is -4.49. The Morgan fingerprint density at radius 3 is 2.54 bits per heavy atom. The van der Waals surface area contributed by atoms with Gasteiger partial charge >= 0.3 is 6.18 Å². The third kappa shape index (κ3) is 4.69. The van der Waals surface area contributed by atoms with Crippen LogP contribution in [0.5, 0.6) is 5.75 Å². The van der Waals surface area contributed by atoms with Crippen molar-refractivity contribution < 1.29 is 22.7 Å². The van der Waals surface area contributed by atoms with Gasteiger partial charge in [0.2, 0.25) is 5.91 Å². The van der Waals surface area contributed by atoms with E-state index >= 15 is 0 Å². The fourth-order valence-electron chi connectivity index (χ4n) is 2.58. The van der Waals surface area contributed by atoms with E-state index in [0.29, 0.717) is 11.3 Å². The van der Waals surface area contributed by atoms with Crippen LogP contribution >= 0.6 is 11.6 Å². The lowest BCUT2D eigenvalue weighted by atomic mass is 10.1. The minimum absolute atomic E-state index is 0.0282. The maximum absolute atomic E-state index is 12.6. The van der Waals surface area contributed by atoms with Crippen LogP contribution in [0.25, 0.3) is 0 Å². The molecule has 1 aromatic heterocycles. The van der Waals surface area contributed by atoms with Gasteiger partial charge in [-0.1, -0.05) is 12.1 Å². The highest BCUT2D eigenvalue weighted by Gasteiger charge is 2.30. The van der Waals surface area contributed by atoms with Crippen LogP contribution in [0.3, 0.4) is 0 Å². The van der Waals surface area contributed by atoms with Crippen LogP contribution < -0.4 is 9.64 Å². The standard InChI is InChI=1S/C17H19ClF3N3O2/c1-10-5-4-6-14(26-9-17(19,20)21)16(10)24(15(25)7-18)8-13-11(2)22-23-12(13)3/h4-6H,7-9H2,1-3H3,(H,22,23). The fraction of sp³-hybridized carbons (Fsp3) is 0.412. The van der Waals surface area contributed by atoms with E-state index < -0.39 is 18.7 Å². The summed E-state index contributed by atoms with van der Waals surface area (Å²) in [5.41, 5.74) is 3.10. The van der Waals surface area contributed by atoms with Crippen molar-refractivity contribution in [3.63, 3.8) is 0 Å². The van der Waals surface area contributed by atoms with Gasteiger partial charge in [0.05, 0.1) is 17.9 Å². The molecule has 0 saturated heterocycles. The second-order valence-corrected chi connectivity index (χ2v) is 6.12. The largest absolute Gasteiger partial charge is 0.482 e. The molecule has 0 aliphatic rings. The van der Waals surface area contributed by atoms with Gasteiger partial charge in [-0.3, -0.25) is 9.89 Å². The van der Waals surface area contributed by atoms with Crippen LogP contribution in [0.2, 0.25) is 0 Å². The molecule has 142 valence electrons. The molecule has 9 heteroatoms. The Kier molecular flexibility index (Phi) is 6.17. The molecule has 0 spiro atoms. The summed E-state index contributed by atoms with van der Waals surface area (Å²) in [5.74, 6) is -0.791. The number of alkyl halides is 4. The number of hydrogen-bond donors (Lipinski definition) is 1. The number of aromatic nitrogens is 2. The zero-order valence-electron chi connectivity index (χ0n) is 14.6. The molecule has 26 heavy (non-hydrogen) atoms. The summed E-state index contributed by atoms with van der Waals surface area (Å²) in [6, 6.07) is 4.67. The zero-order valence-corrected chi connectivity index (χ0v) is 15.3. The maximum Gasteiger partial charge on any atom is 0.422 e. The van der Waals surface area contributed by atoms with Crippen molar-refractivity contribution in [1.82, 2.24) is 10.2 Å². The summed E-state index contributed by atoms with van der Waals surface area (Å²) in [5, 5.41) is 6.91. The predicted molar refractivity (Wildman–Crippen MR) is 92.7 cm³/mol. The SMILES string of the molecule is Cc1cccc(OCC(F)(F)F)c1N(Cc1c(C)n[nH]c1C)C(=O)CCl. The van der Waals surface area contributed by atoms with Crippen LogP contribution in [0, 0.1) is 20.8 Å². The molecule has 0 radical (unpaired) electrons. The molecule has 1 N–H and O–H groups in total. The lowest BCUT2D eigenvalue weighted by Crippen LogP contribution is -2.33. The Morgan fingerprint density at radius 1 is 1.31 bits per heavy atom. The number of carbonyl (C=O) groups excluding carboxylic acids is 1. The number of nitrogens with zero attached hydrogens (tertiary/aromatic N) is 2. The molecule has 1 aromatic carbocycles. The summed E-state index contributed by atoms with van der Waals surface area (Å²) < 4.78 is 42.7. The van der Waals surface area contributed by atoms with E-state index in [1.165, 1.54) is 11.0 Å². The number of hydrogen-bond acceptors (Lipinski definition) is 3. The quantitative estimate of drug-likeness (QED) is 0.758. The second-order valence-electron chi connectivity index (χ2n) is 5.85. The molecular formula is C17H19ClF3N3O2. The lowest BCUT2D eigenvalue weighted by molar-refractivity contribution is -0.153. The molecule has 0 saturated carbocycles. The number of aryl methyl sites for hydroxylation is 3. The first kappa shape index (κ1) is 20.1. The van der Waals surface area contributed by atoms with Crippen molar-refractivity contribution in [2.24, 2.45) is 0 Å². The van der Waals surface area contributed by atoms with E-state index in [9.17, 15) is 18.0 Å². The van der Waals surface area contributed by atoms with E-state index in [-0.39, 0.29) is 23.9 Å². The Hall–Kier alpha value is -2.22. The molecule has 0 bridgehead atoms. The molecule has 0 aliphatic heterocycles. The predicted octanol–water partition coefficient (Wildman–Crippen LogP) is 4.05. The van der Waals surface area contributed by atoms with Gasteiger partial charge in [-0.2, -0.15) is 18.3 Å². The van der Waals surface area contributed by atoms with Gasteiger partial charge in [0.15, 0.2) is 6.61 Å². The molecule has 5 nitrogen and oxygen atoms in total. The highest BCUT2D eigenvalue weighted by molar-refractivity contribution is 6.29. The van der Waals surface area contributed by atoms with Gasteiger partial charge in [-0.05, 0) is 32.4 Å². The van der Waals surface area contributed by atoms with E-state index in [0.717, 1.165) is 11.3 Å². The number of aromatic amines is 1. The Bertz CT molecular complexity index is 771. The summed E-state index contributed by atoms with van der Waals surface area (Å²) in [7, 11) is 0. The van der Waals surface area contributed by atoms with Crippen molar-refractivity contribution in [3.8, 4) is 5.75 Å². The van der Waals surface area contributed by atoms with Crippen LogP contribution in [-0.4, -0.2) is 34.8 Å². The maximum atomic E-state index is 12.6. The van der Waals surface area contributed by atoms with Gasteiger partial charge in [0, 0.05) is 11.3 Å². The number of benzene rings is 1. The van der Waals surface area contributed by atoms with Crippen LogP contribution in [0.15, 0.2) is 18.2 Å². The summed E-state index contributed by atoms with van der Waals surface area (Å²) >= 11 is 5.74. The molecule has 0 fully saturated rings. The number of amides is 1. The Balaban J connectivity index is 2.46. The monoisotopic (exact) mass is 389 g/mol. The minimum atomic E-state index is -4.49. The first-order valence-corrected chi connectivity index (χ1v) is 8.33. The average molecular weight is 390 g/mol. The molecular weight excluding hydrogens is 371 g/mol. The molecule has 1 amide bonds. The van der Waals surface area contributed by atoms with Gasteiger partial charge in [-0.25, -0.2) is 0 Å². The second kappa shape index (κ2) is 7.99. The first-order valence-electron chi connectivity index (χ1n) is 7.80. The number of ether oxygens (including phenoxy) is 1. The number of nitrogens with one attached hydrogen (secondary N) is 1. The normalized spacial score (nSPS) is 11.5. The van der Waals surface area contributed by atoms with Crippen molar-refractivity contribution in [1.29, 1.82) is 0 Å². The fourth-order valence-corrected chi connectivity index (χ4v) is 2.73. The molecule has 0 atom stereocenters. The van der Waals surface area contributed by atoms with Crippen molar-refractivity contribution in [2.75, 3.05) is 17.4 Å². The van der Waals surface area contributed by atoms with Crippen molar-refractivity contribution in [2.45, 2.75) is 33.5 Å². The van der Waals surface area contributed by atoms with Crippen molar-refractivity contribution in [3.05, 3.63) is 40.7 Å². The number of rotatable bonds is 6. The molecule has 0 aliphatic carbocycles. The number of halogens is 4. The smallest absolute Gasteiger partial charge is 0.422 e.